The van der Waals surface area contributed by atoms with Crippen LogP contribution in [0.5, 0.6) is 0 Å². The van der Waals surface area contributed by atoms with E-state index in [1.807, 2.05) is 41.0 Å². The highest BCUT2D eigenvalue weighted by Crippen LogP contribution is 2.21. The zero-order chi connectivity index (χ0) is 19.8. The zero-order valence-corrected chi connectivity index (χ0v) is 16.7. The molecular weight excluding hydrogens is 354 g/mol. The van der Waals surface area contributed by atoms with Crippen LogP contribution >= 0.6 is 0 Å². The van der Waals surface area contributed by atoms with Crippen LogP contribution < -0.4 is 15.5 Å². The van der Waals surface area contributed by atoms with Gasteiger partial charge >= 0.3 is 0 Å². The van der Waals surface area contributed by atoms with Crippen LogP contribution in [-0.4, -0.2) is 55.4 Å². The van der Waals surface area contributed by atoms with Gasteiger partial charge in [0.05, 0.1) is 6.54 Å². The van der Waals surface area contributed by atoms with Crippen molar-refractivity contribution in [2.24, 2.45) is 4.99 Å². The van der Waals surface area contributed by atoms with Gasteiger partial charge in [0, 0.05) is 51.3 Å². The number of carbonyl (C=O) groups is 2. The van der Waals surface area contributed by atoms with Crippen LogP contribution in [0.4, 0.5) is 5.69 Å². The summed E-state index contributed by atoms with van der Waals surface area (Å²) < 4.78 is 0. The fraction of sp³-hybridized carbons (Fsp3) is 0.571. The molecule has 1 aromatic rings. The maximum atomic E-state index is 11.8. The van der Waals surface area contributed by atoms with E-state index in [2.05, 4.69) is 15.6 Å². The molecule has 1 aromatic carbocycles. The molecule has 0 spiro atoms. The number of benzene rings is 1. The fourth-order valence-corrected chi connectivity index (χ4v) is 3.63. The van der Waals surface area contributed by atoms with Crippen LogP contribution in [0.25, 0.3) is 0 Å². The number of hydrogen-bond acceptors (Lipinski definition) is 3. The fourth-order valence-electron chi connectivity index (χ4n) is 3.63. The summed E-state index contributed by atoms with van der Waals surface area (Å²) in [5.41, 5.74) is 2.08. The van der Waals surface area contributed by atoms with Gasteiger partial charge < -0.3 is 20.4 Å². The molecule has 0 radical (unpaired) electrons. The van der Waals surface area contributed by atoms with E-state index >= 15 is 0 Å². The Morgan fingerprint density at radius 2 is 1.79 bits per heavy atom. The molecule has 2 N–H and O–H groups in total. The second-order valence-electron chi connectivity index (χ2n) is 7.28. The van der Waals surface area contributed by atoms with Crippen LogP contribution in [0.15, 0.2) is 29.3 Å². The number of guanidine groups is 1. The summed E-state index contributed by atoms with van der Waals surface area (Å²) >= 11 is 0. The Morgan fingerprint density at radius 1 is 1.04 bits per heavy atom. The minimum atomic E-state index is 0.208. The third-order valence-corrected chi connectivity index (χ3v) is 5.15. The molecule has 2 heterocycles. The van der Waals surface area contributed by atoms with Gasteiger partial charge in [0.25, 0.3) is 0 Å². The minimum Gasteiger partial charge on any atom is -0.357 e. The van der Waals surface area contributed by atoms with Crippen LogP contribution in [-0.2, 0) is 16.1 Å². The number of rotatable bonds is 8. The van der Waals surface area contributed by atoms with Gasteiger partial charge in [-0.2, -0.15) is 0 Å². The van der Waals surface area contributed by atoms with Gasteiger partial charge in [0.2, 0.25) is 11.8 Å². The summed E-state index contributed by atoms with van der Waals surface area (Å²) in [4.78, 5) is 31.9. The normalized spacial score (nSPS) is 17.5. The number of nitrogens with one attached hydrogen (secondary N) is 2. The highest BCUT2D eigenvalue weighted by Gasteiger charge is 2.21. The lowest BCUT2D eigenvalue weighted by Crippen LogP contribution is -2.39. The van der Waals surface area contributed by atoms with Crippen molar-refractivity contribution in [3.8, 4) is 0 Å². The van der Waals surface area contributed by atoms with E-state index in [0.29, 0.717) is 19.4 Å². The van der Waals surface area contributed by atoms with E-state index in [1.165, 1.54) is 0 Å². The molecule has 0 unspecified atom stereocenters. The predicted molar refractivity (Wildman–Crippen MR) is 111 cm³/mol. The molecule has 3 rings (SSSR count). The largest absolute Gasteiger partial charge is 0.357 e. The maximum Gasteiger partial charge on any atom is 0.227 e. The van der Waals surface area contributed by atoms with Crippen molar-refractivity contribution in [2.45, 2.75) is 45.6 Å². The van der Waals surface area contributed by atoms with E-state index < -0.39 is 0 Å². The highest BCUT2D eigenvalue weighted by molar-refractivity contribution is 5.95. The summed E-state index contributed by atoms with van der Waals surface area (Å²) in [7, 11) is 0. The molecule has 28 heavy (non-hydrogen) atoms. The summed E-state index contributed by atoms with van der Waals surface area (Å²) in [6, 6.07) is 8.07. The van der Waals surface area contributed by atoms with E-state index in [0.717, 1.165) is 69.2 Å². The average molecular weight is 386 g/mol. The SMILES string of the molecule is CCNC(=NCc1ccc(N2CCCC2=O)cc1)NCCCN1CCCC1=O. The van der Waals surface area contributed by atoms with E-state index in [1.54, 1.807) is 0 Å². The third kappa shape index (κ3) is 5.47. The van der Waals surface area contributed by atoms with Crippen molar-refractivity contribution in [3.63, 3.8) is 0 Å². The number of aliphatic imine (C=N–C) groups is 1. The maximum absolute atomic E-state index is 11.8. The number of anilines is 1. The van der Waals surface area contributed by atoms with Crippen LogP contribution in [0.2, 0.25) is 0 Å². The Hall–Kier alpha value is -2.57. The third-order valence-electron chi connectivity index (χ3n) is 5.15. The minimum absolute atomic E-state index is 0.208. The summed E-state index contributed by atoms with van der Waals surface area (Å²) in [6.45, 7) is 6.72. The lowest BCUT2D eigenvalue weighted by atomic mass is 10.2. The van der Waals surface area contributed by atoms with Crippen molar-refractivity contribution >= 4 is 23.5 Å². The molecule has 0 aliphatic carbocycles. The van der Waals surface area contributed by atoms with Gasteiger partial charge in [0.1, 0.15) is 0 Å². The van der Waals surface area contributed by atoms with Gasteiger partial charge in [0.15, 0.2) is 5.96 Å². The number of likely N-dealkylation sites (tertiary alicyclic amines) is 1. The average Bonchev–Trinajstić information content (AvgIpc) is 3.31. The first kappa shape index (κ1) is 20.2. The molecule has 2 saturated heterocycles. The van der Waals surface area contributed by atoms with Gasteiger partial charge in [-0.3, -0.25) is 9.59 Å². The van der Waals surface area contributed by atoms with Crippen LogP contribution in [0, 0.1) is 0 Å². The topological polar surface area (TPSA) is 77.0 Å². The Kier molecular flexibility index (Phi) is 7.28. The van der Waals surface area contributed by atoms with E-state index in [4.69, 9.17) is 0 Å². The van der Waals surface area contributed by atoms with Crippen molar-refractivity contribution in [2.75, 3.05) is 37.6 Å². The molecular formula is C21H31N5O2. The summed E-state index contributed by atoms with van der Waals surface area (Å²) in [5.74, 6) is 1.27. The second-order valence-corrected chi connectivity index (χ2v) is 7.28. The molecule has 0 aromatic heterocycles. The molecule has 7 heteroatoms. The zero-order valence-electron chi connectivity index (χ0n) is 16.7. The van der Waals surface area contributed by atoms with E-state index in [9.17, 15) is 9.59 Å². The lowest BCUT2D eigenvalue weighted by molar-refractivity contribution is -0.127. The van der Waals surface area contributed by atoms with Gasteiger partial charge in [-0.15, -0.1) is 0 Å². The number of nitrogens with zero attached hydrogens (tertiary/aromatic N) is 3. The molecule has 2 aliphatic heterocycles. The van der Waals surface area contributed by atoms with Gasteiger partial charge in [-0.1, -0.05) is 12.1 Å². The van der Waals surface area contributed by atoms with Crippen molar-refractivity contribution in [1.82, 2.24) is 15.5 Å². The first-order valence-corrected chi connectivity index (χ1v) is 10.4. The second kappa shape index (κ2) is 10.1. The summed E-state index contributed by atoms with van der Waals surface area (Å²) in [5, 5.41) is 6.60. The number of hydrogen-bond donors (Lipinski definition) is 2. The quantitative estimate of drug-likeness (QED) is 0.407. The Balaban J connectivity index is 1.46. The Morgan fingerprint density at radius 3 is 2.43 bits per heavy atom. The van der Waals surface area contributed by atoms with Gasteiger partial charge in [-0.05, 0) is 43.9 Å². The Labute approximate surface area is 167 Å². The molecule has 0 bridgehead atoms. The number of amides is 2. The smallest absolute Gasteiger partial charge is 0.227 e. The first-order chi connectivity index (χ1) is 13.7. The standard InChI is InChI=1S/C21H31N5O2/c1-2-22-21(23-12-5-14-25-13-3-6-19(25)27)24-16-17-8-10-18(11-9-17)26-15-4-7-20(26)28/h8-11H,2-7,12-16H2,1H3,(H2,22,23,24). The highest BCUT2D eigenvalue weighted by atomic mass is 16.2. The molecule has 0 atom stereocenters. The van der Waals surface area contributed by atoms with Gasteiger partial charge in [-0.25, -0.2) is 4.99 Å². The van der Waals surface area contributed by atoms with Crippen molar-refractivity contribution < 1.29 is 9.59 Å². The molecule has 2 amide bonds. The monoisotopic (exact) mass is 385 g/mol. The molecule has 7 nitrogen and oxygen atoms in total. The molecule has 2 fully saturated rings. The number of carbonyl (C=O) groups excluding carboxylic acids is 2. The predicted octanol–water partition coefficient (Wildman–Crippen LogP) is 1.88. The molecule has 2 aliphatic rings. The summed E-state index contributed by atoms with van der Waals surface area (Å²) in [6.07, 6.45) is 4.18. The van der Waals surface area contributed by atoms with E-state index in [-0.39, 0.29) is 11.8 Å². The van der Waals surface area contributed by atoms with Crippen molar-refractivity contribution in [3.05, 3.63) is 29.8 Å². The van der Waals surface area contributed by atoms with Crippen molar-refractivity contribution in [1.29, 1.82) is 0 Å². The molecule has 0 saturated carbocycles. The Bertz CT molecular complexity index is 701. The molecule has 152 valence electrons. The van der Waals surface area contributed by atoms with Crippen LogP contribution in [0.3, 0.4) is 0 Å². The van der Waals surface area contributed by atoms with Crippen LogP contribution in [0.1, 0.15) is 44.6 Å². The first-order valence-electron chi connectivity index (χ1n) is 10.4. The lowest BCUT2D eigenvalue weighted by Gasteiger charge is -2.17.